The van der Waals surface area contributed by atoms with Gasteiger partial charge >= 0.3 is 0 Å². The second-order valence-electron chi connectivity index (χ2n) is 7.61. The lowest BCUT2D eigenvalue weighted by Gasteiger charge is -2.20. The Morgan fingerprint density at radius 1 is 1.03 bits per heavy atom. The van der Waals surface area contributed by atoms with Gasteiger partial charge < -0.3 is 19.5 Å². The number of amides is 1. The molecule has 0 aliphatic carbocycles. The highest BCUT2D eigenvalue weighted by Gasteiger charge is 2.23. The lowest BCUT2D eigenvalue weighted by molar-refractivity contribution is -0.116. The summed E-state index contributed by atoms with van der Waals surface area (Å²) in [5.41, 5.74) is 1.16. The molecule has 2 rings (SSSR count). The first-order chi connectivity index (χ1) is 15.7. The molecule has 2 aromatic rings. The number of methoxy groups -OCH3 is 2. The molecule has 2 aromatic carbocycles. The highest BCUT2D eigenvalue weighted by atomic mass is 32.2. The molecule has 1 amide bonds. The van der Waals surface area contributed by atoms with Gasteiger partial charge in [0.25, 0.3) is 0 Å². The van der Waals surface area contributed by atoms with Gasteiger partial charge in [0, 0.05) is 19.5 Å². The maximum absolute atomic E-state index is 13.0. The molecular formula is C24H34N2O6S. The maximum atomic E-state index is 13.0. The summed E-state index contributed by atoms with van der Waals surface area (Å²) in [5, 5.41) is 2.82. The monoisotopic (exact) mass is 478 g/mol. The largest absolute Gasteiger partial charge is 0.493 e. The lowest BCUT2D eigenvalue weighted by atomic mass is 10.1. The minimum absolute atomic E-state index is 0.104. The zero-order valence-electron chi connectivity index (χ0n) is 20.2. The average molecular weight is 479 g/mol. The summed E-state index contributed by atoms with van der Waals surface area (Å²) in [4.78, 5) is 12.9. The number of rotatable bonds is 12. The van der Waals surface area contributed by atoms with Gasteiger partial charge in [-0.2, -0.15) is 4.31 Å². The molecule has 182 valence electrons. The highest BCUT2D eigenvalue weighted by Crippen LogP contribution is 2.32. The molecule has 0 bridgehead atoms. The van der Waals surface area contributed by atoms with E-state index in [2.05, 4.69) is 5.32 Å². The van der Waals surface area contributed by atoms with Crippen molar-refractivity contribution >= 4 is 21.6 Å². The van der Waals surface area contributed by atoms with Crippen LogP contribution in [0.2, 0.25) is 0 Å². The number of nitrogens with one attached hydrogen (secondary N) is 1. The van der Waals surface area contributed by atoms with Gasteiger partial charge in [0.2, 0.25) is 15.9 Å². The summed E-state index contributed by atoms with van der Waals surface area (Å²) >= 11 is 0. The summed E-state index contributed by atoms with van der Waals surface area (Å²) in [5.74, 6) is 1.32. The SMILES string of the molecule is CCN(CC)S(=O)(=O)c1ccc(OC(C)C)c(NC(=O)CCc2cccc(OC)c2OC)c1. The van der Waals surface area contributed by atoms with E-state index < -0.39 is 10.0 Å². The number of hydrogen-bond donors (Lipinski definition) is 1. The summed E-state index contributed by atoms with van der Waals surface area (Å²) in [6.45, 7) is 8.00. The van der Waals surface area contributed by atoms with Gasteiger partial charge in [-0.05, 0) is 50.1 Å². The minimum atomic E-state index is -3.68. The number of benzene rings is 2. The maximum Gasteiger partial charge on any atom is 0.243 e. The molecule has 0 radical (unpaired) electrons. The van der Waals surface area contributed by atoms with E-state index in [0.29, 0.717) is 42.4 Å². The topological polar surface area (TPSA) is 94.2 Å². The first-order valence-corrected chi connectivity index (χ1v) is 12.4. The third-order valence-corrected chi connectivity index (χ3v) is 7.08. The molecule has 0 aromatic heterocycles. The van der Waals surface area contributed by atoms with Crippen LogP contribution < -0.4 is 19.5 Å². The Bertz CT molecular complexity index is 1050. The molecule has 0 saturated heterocycles. The normalized spacial score (nSPS) is 11.5. The van der Waals surface area contributed by atoms with Crippen LogP contribution in [0.15, 0.2) is 41.3 Å². The van der Waals surface area contributed by atoms with E-state index >= 15 is 0 Å². The van der Waals surface area contributed by atoms with E-state index in [1.807, 2.05) is 26.0 Å². The molecule has 1 N–H and O–H groups in total. The van der Waals surface area contributed by atoms with Crippen molar-refractivity contribution in [2.24, 2.45) is 0 Å². The standard InChI is InChI=1S/C24H34N2O6S/c1-7-26(8-2)33(28,29)19-13-14-21(32-17(3)4)20(16-19)25-23(27)15-12-18-10-9-11-22(30-5)24(18)31-6/h9-11,13-14,16-17H,7-8,12,15H2,1-6H3,(H,25,27). The fraction of sp³-hybridized carbons (Fsp3) is 0.458. The Hall–Kier alpha value is -2.78. The Labute approximate surface area is 196 Å². The Balaban J connectivity index is 2.28. The molecular weight excluding hydrogens is 444 g/mol. The van der Waals surface area contributed by atoms with E-state index in [0.717, 1.165) is 5.56 Å². The number of aryl methyl sites for hydroxylation is 1. The van der Waals surface area contributed by atoms with E-state index in [9.17, 15) is 13.2 Å². The van der Waals surface area contributed by atoms with Crippen LogP contribution >= 0.6 is 0 Å². The summed E-state index contributed by atoms with van der Waals surface area (Å²) in [6, 6.07) is 10.0. The predicted molar refractivity (Wildman–Crippen MR) is 129 cm³/mol. The zero-order chi connectivity index (χ0) is 24.6. The van der Waals surface area contributed by atoms with Crippen LogP contribution in [-0.2, 0) is 21.2 Å². The molecule has 0 unspecified atom stereocenters. The quantitative estimate of drug-likeness (QED) is 0.494. The lowest BCUT2D eigenvalue weighted by Crippen LogP contribution is -2.30. The molecule has 33 heavy (non-hydrogen) atoms. The zero-order valence-corrected chi connectivity index (χ0v) is 21.0. The van der Waals surface area contributed by atoms with Crippen molar-refractivity contribution in [1.29, 1.82) is 0 Å². The molecule has 8 nitrogen and oxygen atoms in total. The van der Waals surface area contributed by atoms with Crippen LogP contribution in [0.5, 0.6) is 17.2 Å². The molecule has 0 fully saturated rings. The van der Waals surface area contributed by atoms with Crippen molar-refractivity contribution in [3.05, 3.63) is 42.0 Å². The van der Waals surface area contributed by atoms with Crippen LogP contribution in [0.25, 0.3) is 0 Å². The molecule has 0 spiro atoms. The molecule has 0 aliphatic rings. The summed E-state index contributed by atoms with van der Waals surface area (Å²) in [7, 11) is -0.567. The van der Waals surface area contributed by atoms with E-state index in [1.54, 1.807) is 40.2 Å². The Morgan fingerprint density at radius 3 is 2.30 bits per heavy atom. The summed E-state index contributed by atoms with van der Waals surface area (Å²) in [6.07, 6.45) is 0.439. The smallest absolute Gasteiger partial charge is 0.243 e. The van der Waals surface area contributed by atoms with Crippen LogP contribution in [0.4, 0.5) is 5.69 Å². The number of hydrogen-bond acceptors (Lipinski definition) is 6. The minimum Gasteiger partial charge on any atom is -0.493 e. The highest BCUT2D eigenvalue weighted by molar-refractivity contribution is 7.89. The van der Waals surface area contributed by atoms with Gasteiger partial charge in [0.05, 0.1) is 30.9 Å². The first-order valence-electron chi connectivity index (χ1n) is 11.0. The number of ether oxygens (including phenoxy) is 3. The number of carbonyl (C=O) groups excluding carboxylic acids is 1. The summed E-state index contributed by atoms with van der Waals surface area (Å²) < 4.78 is 43.8. The Morgan fingerprint density at radius 2 is 1.73 bits per heavy atom. The number of sulfonamides is 1. The van der Waals surface area contributed by atoms with Crippen molar-refractivity contribution in [3.63, 3.8) is 0 Å². The van der Waals surface area contributed by atoms with Crippen molar-refractivity contribution in [1.82, 2.24) is 4.31 Å². The van der Waals surface area contributed by atoms with Gasteiger partial charge in [-0.1, -0.05) is 26.0 Å². The fourth-order valence-electron chi connectivity index (χ4n) is 3.45. The molecule has 0 saturated carbocycles. The fourth-order valence-corrected chi connectivity index (χ4v) is 4.93. The van der Waals surface area contributed by atoms with E-state index in [4.69, 9.17) is 14.2 Å². The molecule has 0 heterocycles. The first kappa shape index (κ1) is 26.5. The second-order valence-corrected chi connectivity index (χ2v) is 9.55. The molecule has 0 aliphatic heterocycles. The van der Waals surface area contributed by atoms with Crippen molar-refractivity contribution in [2.75, 3.05) is 32.6 Å². The van der Waals surface area contributed by atoms with Gasteiger partial charge in [-0.3, -0.25) is 4.79 Å². The predicted octanol–water partition coefficient (Wildman–Crippen LogP) is 4.09. The van der Waals surface area contributed by atoms with Crippen molar-refractivity contribution in [2.45, 2.75) is 51.5 Å². The van der Waals surface area contributed by atoms with Crippen molar-refractivity contribution in [3.8, 4) is 17.2 Å². The Kier molecular flexibility index (Phi) is 9.55. The number of nitrogens with zero attached hydrogens (tertiary/aromatic N) is 1. The van der Waals surface area contributed by atoms with Gasteiger partial charge in [0.1, 0.15) is 5.75 Å². The van der Waals surface area contributed by atoms with E-state index in [-0.39, 0.29) is 23.3 Å². The van der Waals surface area contributed by atoms with Gasteiger partial charge in [0.15, 0.2) is 11.5 Å². The number of anilines is 1. The average Bonchev–Trinajstić information content (AvgIpc) is 2.78. The van der Waals surface area contributed by atoms with Gasteiger partial charge in [-0.25, -0.2) is 8.42 Å². The molecule has 0 atom stereocenters. The van der Waals surface area contributed by atoms with E-state index in [1.165, 1.54) is 16.4 Å². The number of carbonyl (C=O) groups is 1. The third-order valence-electron chi connectivity index (χ3n) is 5.04. The van der Waals surface area contributed by atoms with Crippen LogP contribution in [0.3, 0.4) is 0 Å². The van der Waals surface area contributed by atoms with Crippen LogP contribution in [0.1, 0.15) is 39.7 Å². The van der Waals surface area contributed by atoms with Crippen LogP contribution in [-0.4, -0.2) is 52.0 Å². The number of para-hydroxylation sites is 1. The van der Waals surface area contributed by atoms with Gasteiger partial charge in [-0.15, -0.1) is 0 Å². The van der Waals surface area contributed by atoms with Crippen LogP contribution in [0, 0.1) is 0 Å². The van der Waals surface area contributed by atoms with Crippen molar-refractivity contribution < 1.29 is 27.4 Å². The third kappa shape index (κ3) is 6.61. The molecule has 9 heteroatoms. The second kappa shape index (κ2) is 11.9.